The topological polar surface area (TPSA) is 83.7 Å². The second-order valence-corrected chi connectivity index (χ2v) is 5.75. The number of hydrogen-bond donors (Lipinski definition) is 2. The summed E-state index contributed by atoms with van der Waals surface area (Å²) in [4.78, 5) is 29.1. The van der Waals surface area contributed by atoms with E-state index in [4.69, 9.17) is 5.11 Å². The van der Waals surface area contributed by atoms with Crippen LogP contribution in [0.3, 0.4) is 0 Å². The summed E-state index contributed by atoms with van der Waals surface area (Å²) in [5.74, 6) is -0.457. The van der Waals surface area contributed by atoms with Crippen LogP contribution in [0.25, 0.3) is 4.96 Å². The Morgan fingerprint density at radius 1 is 1.60 bits per heavy atom. The number of amides is 1. The molecule has 2 rings (SSSR count). The number of rotatable bonds is 5. The fourth-order valence-corrected chi connectivity index (χ4v) is 2.57. The van der Waals surface area contributed by atoms with Gasteiger partial charge in [0.25, 0.3) is 11.5 Å². The molecule has 2 aromatic heterocycles. The second kappa shape index (κ2) is 5.72. The Morgan fingerprint density at radius 2 is 2.35 bits per heavy atom. The van der Waals surface area contributed by atoms with E-state index in [-0.39, 0.29) is 17.7 Å². The summed E-state index contributed by atoms with van der Waals surface area (Å²) in [6.45, 7) is 3.74. The Morgan fingerprint density at radius 3 is 3.00 bits per heavy atom. The monoisotopic (exact) mass is 295 g/mol. The van der Waals surface area contributed by atoms with Gasteiger partial charge in [-0.15, -0.1) is 11.3 Å². The number of hydrogen-bond acceptors (Lipinski definition) is 5. The number of aromatic nitrogens is 2. The summed E-state index contributed by atoms with van der Waals surface area (Å²) in [6, 6.07) is 0. The van der Waals surface area contributed by atoms with Crippen LogP contribution in [0.4, 0.5) is 0 Å². The Hall–Kier alpha value is -1.73. The Balaban J connectivity index is 2.32. The maximum Gasteiger partial charge on any atom is 0.271 e. The molecule has 1 atom stereocenters. The lowest BCUT2D eigenvalue weighted by Crippen LogP contribution is -2.47. The van der Waals surface area contributed by atoms with Gasteiger partial charge in [-0.1, -0.05) is 6.92 Å². The van der Waals surface area contributed by atoms with E-state index in [2.05, 4.69) is 10.3 Å². The standard InChI is InChI=1S/C13H17N3O3S/c1-3-13(2,4-6-17)15-10(18)9-8-14-12-16(11(9)19)5-7-20-12/h5,7-8,17H,3-4,6H2,1-2H3,(H,15,18). The van der Waals surface area contributed by atoms with Crippen LogP contribution in [0.5, 0.6) is 0 Å². The highest BCUT2D eigenvalue weighted by Crippen LogP contribution is 2.14. The number of nitrogens with zero attached hydrogens (tertiary/aromatic N) is 2. The Bertz CT molecular complexity index is 679. The molecular formula is C13H17N3O3S. The summed E-state index contributed by atoms with van der Waals surface area (Å²) in [5, 5.41) is 13.6. The van der Waals surface area contributed by atoms with Crippen molar-refractivity contribution in [3.05, 3.63) is 33.7 Å². The highest BCUT2D eigenvalue weighted by Gasteiger charge is 2.25. The molecule has 0 saturated heterocycles. The van der Waals surface area contributed by atoms with Gasteiger partial charge in [0.15, 0.2) is 4.96 Å². The van der Waals surface area contributed by atoms with Crippen LogP contribution in [0.2, 0.25) is 0 Å². The highest BCUT2D eigenvalue weighted by atomic mass is 32.1. The van der Waals surface area contributed by atoms with Crippen molar-refractivity contribution >= 4 is 22.2 Å². The predicted octanol–water partition coefficient (Wildman–Crippen LogP) is 1.04. The van der Waals surface area contributed by atoms with Crippen LogP contribution in [0.15, 0.2) is 22.6 Å². The van der Waals surface area contributed by atoms with Gasteiger partial charge < -0.3 is 10.4 Å². The lowest BCUT2D eigenvalue weighted by molar-refractivity contribution is 0.0884. The molecule has 6 nitrogen and oxygen atoms in total. The molecule has 20 heavy (non-hydrogen) atoms. The maximum atomic E-state index is 12.2. The lowest BCUT2D eigenvalue weighted by Gasteiger charge is -2.28. The zero-order valence-electron chi connectivity index (χ0n) is 11.4. The van der Waals surface area contributed by atoms with Gasteiger partial charge >= 0.3 is 0 Å². The molecule has 2 N–H and O–H groups in total. The number of carbonyl (C=O) groups is 1. The van der Waals surface area contributed by atoms with Crippen LogP contribution in [-0.2, 0) is 0 Å². The first-order valence-electron chi connectivity index (χ1n) is 6.39. The largest absolute Gasteiger partial charge is 0.396 e. The number of nitrogens with one attached hydrogen (secondary N) is 1. The quantitative estimate of drug-likeness (QED) is 0.863. The van der Waals surface area contributed by atoms with Gasteiger partial charge in [-0.3, -0.25) is 14.0 Å². The van der Waals surface area contributed by atoms with E-state index in [9.17, 15) is 9.59 Å². The van der Waals surface area contributed by atoms with Gasteiger partial charge in [-0.05, 0) is 19.8 Å². The first-order valence-corrected chi connectivity index (χ1v) is 7.27. The van der Waals surface area contributed by atoms with Crippen LogP contribution in [-0.4, -0.2) is 32.5 Å². The summed E-state index contributed by atoms with van der Waals surface area (Å²) < 4.78 is 1.36. The summed E-state index contributed by atoms with van der Waals surface area (Å²) in [7, 11) is 0. The Kier molecular flexibility index (Phi) is 4.20. The molecule has 1 amide bonds. The van der Waals surface area contributed by atoms with E-state index < -0.39 is 11.4 Å². The van der Waals surface area contributed by atoms with Crippen molar-refractivity contribution in [3.8, 4) is 0 Å². The van der Waals surface area contributed by atoms with Crippen molar-refractivity contribution in [2.45, 2.75) is 32.2 Å². The summed E-state index contributed by atoms with van der Waals surface area (Å²) >= 11 is 1.33. The molecule has 0 fully saturated rings. The van der Waals surface area contributed by atoms with Gasteiger partial charge in [-0.2, -0.15) is 0 Å². The van der Waals surface area contributed by atoms with Gasteiger partial charge in [0, 0.05) is 29.9 Å². The molecule has 0 spiro atoms. The first kappa shape index (κ1) is 14.7. The molecule has 0 aromatic carbocycles. The fourth-order valence-electron chi connectivity index (χ4n) is 1.90. The van der Waals surface area contributed by atoms with Crippen molar-refractivity contribution in [2.75, 3.05) is 6.61 Å². The molecule has 2 aromatic rings. The van der Waals surface area contributed by atoms with Crippen LogP contribution in [0.1, 0.15) is 37.0 Å². The molecule has 0 aliphatic heterocycles. The first-order chi connectivity index (χ1) is 9.50. The van der Waals surface area contributed by atoms with Gasteiger partial charge in [0.2, 0.25) is 0 Å². The van der Waals surface area contributed by atoms with E-state index >= 15 is 0 Å². The van der Waals surface area contributed by atoms with Gasteiger partial charge in [-0.25, -0.2) is 4.98 Å². The molecule has 0 saturated carbocycles. The van der Waals surface area contributed by atoms with Gasteiger partial charge in [0.1, 0.15) is 5.56 Å². The molecule has 0 radical (unpaired) electrons. The number of thiazole rings is 1. The van der Waals surface area contributed by atoms with Crippen LogP contribution >= 0.6 is 11.3 Å². The molecule has 108 valence electrons. The third-order valence-electron chi connectivity index (χ3n) is 3.45. The van der Waals surface area contributed by atoms with Crippen molar-refractivity contribution in [2.24, 2.45) is 0 Å². The third kappa shape index (κ3) is 2.73. The lowest BCUT2D eigenvalue weighted by atomic mass is 9.94. The Labute approximate surface area is 120 Å². The molecule has 2 heterocycles. The zero-order valence-corrected chi connectivity index (χ0v) is 12.2. The number of aliphatic hydroxyl groups is 1. The second-order valence-electron chi connectivity index (χ2n) is 4.87. The third-order valence-corrected chi connectivity index (χ3v) is 4.22. The highest BCUT2D eigenvalue weighted by molar-refractivity contribution is 7.15. The smallest absolute Gasteiger partial charge is 0.271 e. The average molecular weight is 295 g/mol. The van der Waals surface area contributed by atoms with E-state index in [1.54, 1.807) is 11.6 Å². The van der Waals surface area contributed by atoms with E-state index in [0.29, 0.717) is 17.8 Å². The zero-order chi connectivity index (χ0) is 14.8. The normalized spacial score (nSPS) is 14.2. The summed E-state index contributed by atoms with van der Waals surface area (Å²) in [6.07, 6.45) is 4.00. The SMILES string of the molecule is CCC(C)(CCO)NC(=O)c1cnc2sccn2c1=O. The minimum atomic E-state index is -0.535. The van der Waals surface area contributed by atoms with Crippen LogP contribution < -0.4 is 10.9 Å². The van der Waals surface area contributed by atoms with E-state index in [1.807, 2.05) is 13.8 Å². The van der Waals surface area contributed by atoms with E-state index in [1.165, 1.54) is 21.9 Å². The van der Waals surface area contributed by atoms with Crippen molar-refractivity contribution in [1.82, 2.24) is 14.7 Å². The minimum absolute atomic E-state index is 0.0125. The maximum absolute atomic E-state index is 12.2. The summed E-state index contributed by atoms with van der Waals surface area (Å²) in [5.41, 5.74) is -0.901. The molecule has 0 aliphatic carbocycles. The number of fused-ring (bicyclic) bond motifs is 1. The molecule has 7 heteroatoms. The fraction of sp³-hybridized carbons (Fsp3) is 0.462. The molecule has 1 unspecified atom stereocenters. The van der Waals surface area contributed by atoms with Crippen molar-refractivity contribution in [1.29, 1.82) is 0 Å². The van der Waals surface area contributed by atoms with Gasteiger partial charge in [0.05, 0.1) is 0 Å². The number of aliphatic hydroxyl groups excluding tert-OH is 1. The predicted molar refractivity (Wildman–Crippen MR) is 77.2 cm³/mol. The minimum Gasteiger partial charge on any atom is -0.396 e. The van der Waals surface area contributed by atoms with Crippen LogP contribution in [0, 0.1) is 0 Å². The molecular weight excluding hydrogens is 278 g/mol. The molecule has 0 bridgehead atoms. The van der Waals surface area contributed by atoms with Crippen molar-refractivity contribution < 1.29 is 9.90 Å². The number of carbonyl (C=O) groups excluding carboxylic acids is 1. The average Bonchev–Trinajstić information content (AvgIpc) is 2.88. The molecule has 0 aliphatic rings. The van der Waals surface area contributed by atoms with E-state index in [0.717, 1.165) is 0 Å². The van der Waals surface area contributed by atoms with Crippen molar-refractivity contribution in [3.63, 3.8) is 0 Å².